The molecule has 0 aromatic carbocycles. The van der Waals surface area contributed by atoms with Crippen molar-refractivity contribution in [2.45, 2.75) is 31.5 Å². The van der Waals surface area contributed by atoms with Gasteiger partial charge in [0.25, 0.3) is 0 Å². The van der Waals surface area contributed by atoms with Crippen molar-refractivity contribution in [1.82, 2.24) is 14.5 Å². The molecule has 10 nitrogen and oxygen atoms in total. The molecule has 3 heterocycles. The van der Waals surface area contributed by atoms with Gasteiger partial charge in [0.2, 0.25) is 0 Å². The number of nitrogens with two attached hydrogens (primary N) is 1. The second-order valence-corrected chi connectivity index (χ2v) is 5.82. The number of hydrogen-bond acceptors (Lipinski definition) is 9. The van der Waals surface area contributed by atoms with Crippen LogP contribution in [0.3, 0.4) is 0 Å². The van der Waals surface area contributed by atoms with Crippen LogP contribution in [0.5, 0.6) is 0 Å². The van der Waals surface area contributed by atoms with E-state index in [0.717, 1.165) is 0 Å². The van der Waals surface area contributed by atoms with Crippen molar-refractivity contribution in [3.05, 3.63) is 18.1 Å². The number of aromatic nitrogens is 3. The van der Waals surface area contributed by atoms with Crippen molar-refractivity contribution in [1.29, 1.82) is 0 Å². The number of rotatable bonds is 4. The van der Waals surface area contributed by atoms with Gasteiger partial charge in [0.15, 0.2) is 6.23 Å². The predicted molar refractivity (Wildman–Crippen MR) is 93.3 cm³/mol. The number of carbonyl (C=O) groups excluding carboxylic acids is 1. The van der Waals surface area contributed by atoms with E-state index in [1.807, 2.05) is 0 Å². The lowest BCUT2D eigenvalue weighted by Crippen LogP contribution is -2.34. The molecular weight excluding hydrogens is 356 g/mol. The van der Waals surface area contributed by atoms with Gasteiger partial charge < -0.3 is 34.7 Å². The van der Waals surface area contributed by atoms with Crippen molar-refractivity contribution in [2.75, 3.05) is 26.1 Å². The minimum Gasteiger partial charge on any atom is -0.456 e. The number of hydrogen-bond donors (Lipinski definition) is 3. The molecule has 4 N–H and O–H groups in total. The zero-order chi connectivity index (χ0) is 19.6. The molecule has 1 aliphatic heterocycles. The summed E-state index contributed by atoms with van der Waals surface area (Å²) in [5.41, 5.74) is 6.77. The summed E-state index contributed by atoms with van der Waals surface area (Å²) in [6.07, 6.45) is -0.503. The Kier molecular flexibility index (Phi) is 5.57. The maximum absolute atomic E-state index is 11.6. The molecule has 0 spiro atoms. The van der Waals surface area contributed by atoms with Gasteiger partial charge in [0, 0.05) is 19.2 Å². The van der Waals surface area contributed by atoms with E-state index >= 15 is 0 Å². The Morgan fingerprint density at radius 1 is 1.48 bits per heavy atom. The normalized spacial score (nSPS) is 24.6. The van der Waals surface area contributed by atoms with Gasteiger partial charge in [-0.25, -0.2) is 14.8 Å². The molecular formula is C17H20N4O6. The van der Waals surface area contributed by atoms with Crippen LogP contribution in [-0.2, 0) is 19.0 Å². The fraction of sp³-hybridized carbons (Fsp3) is 0.471. The van der Waals surface area contributed by atoms with E-state index in [1.165, 1.54) is 13.4 Å². The topological polar surface area (TPSA) is 142 Å². The third-order valence-electron chi connectivity index (χ3n) is 4.25. The first-order valence-corrected chi connectivity index (χ1v) is 8.28. The smallest absolute Gasteiger partial charge is 0.384 e. The average Bonchev–Trinajstić information content (AvgIpc) is 3.18. The Balaban J connectivity index is 2.09. The van der Waals surface area contributed by atoms with Gasteiger partial charge in [0.1, 0.15) is 36.1 Å². The van der Waals surface area contributed by atoms with Crippen LogP contribution in [0.4, 0.5) is 5.82 Å². The van der Waals surface area contributed by atoms with Crippen LogP contribution >= 0.6 is 0 Å². The lowest BCUT2D eigenvalue weighted by molar-refractivity contribution is -0.136. The van der Waals surface area contributed by atoms with Crippen molar-refractivity contribution >= 4 is 22.8 Å². The Morgan fingerprint density at radius 2 is 2.26 bits per heavy atom. The van der Waals surface area contributed by atoms with E-state index in [0.29, 0.717) is 16.6 Å². The summed E-state index contributed by atoms with van der Waals surface area (Å²) in [5, 5.41) is 20.1. The largest absolute Gasteiger partial charge is 0.456 e. The van der Waals surface area contributed by atoms with E-state index in [2.05, 4.69) is 21.8 Å². The van der Waals surface area contributed by atoms with Gasteiger partial charge in [0.05, 0.1) is 24.2 Å². The second kappa shape index (κ2) is 7.89. The highest BCUT2D eigenvalue weighted by Crippen LogP contribution is 2.35. The number of aliphatic hydroxyl groups is 2. The number of esters is 1. The van der Waals surface area contributed by atoms with E-state index < -0.39 is 30.5 Å². The van der Waals surface area contributed by atoms with Gasteiger partial charge in [-0.05, 0) is 6.92 Å². The summed E-state index contributed by atoms with van der Waals surface area (Å²) in [4.78, 5) is 19.7. The number of nitrogens with zero attached hydrogens (tertiary/aromatic N) is 3. The molecule has 0 aliphatic carbocycles. The van der Waals surface area contributed by atoms with E-state index in [4.69, 9.17) is 19.9 Å². The molecule has 4 atom stereocenters. The number of methoxy groups -OCH3 is 1. The summed E-state index contributed by atoms with van der Waals surface area (Å²) in [6, 6.07) is 0. The average molecular weight is 376 g/mol. The quantitative estimate of drug-likeness (QED) is 0.461. The lowest BCUT2D eigenvalue weighted by atomic mass is 10.1. The highest BCUT2D eigenvalue weighted by atomic mass is 16.6. The molecule has 144 valence electrons. The maximum atomic E-state index is 11.6. The molecule has 0 amide bonds. The molecule has 0 saturated carbocycles. The summed E-state index contributed by atoms with van der Waals surface area (Å²) in [7, 11) is 1.43. The van der Waals surface area contributed by atoms with Crippen LogP contribution in [0.25, 0.3) is 11.0 Å². The van der Waals surface area contributed by atoms with Crippen LogP contribution < -0.4 is 5.73 Å². The number of nitrogen functional groups attached to an aromatic ring is 1. The number of ether oxygens (including phenoxy) is 3. The third-order valence-corrected chi connectivity index (χ3v) is 4.25. The molecule has 1 fully saturated rings. The standard InChI is InChI=1S/C17H20N4O6/c1-3-26-11(23)5-4-9-6-21(16-12(9)15(18)19-8-20-16)17-14(25-2)13(24)10(7-22)27-17/h6,8,10,13-14,17,22,24H,3,7H2,1-2H3,(H2,18,19,20)/t10-,13-,14-,17-/m1/s1. The van der Waals surface area contributed by atoms with Gasteiger partial charge in [-0.3, -0.25) is 0 Å². The molecule has 0 bridgehead atoms. The molecule has 27 heavy (non-hydrogen) atoms. The van der Waals surface area contributed by atoms with Crippen molar-refractivity contribution in [3.63, 3.8) is 0 Å². The molecule has 3 rings (SSSR count). The van der Waals surface area contributed by atoms with Gasteiger partial charge in [-0.1, -0.05) is 5.92 Å². The molecule has 0 radical (unpaired) electrons. The first kappa shape index (κ1) is 19.1. The van der Waals surface area contributed by atoms with Gasteiger partial charge >= 0.3 is 5.97 Å². The van der Waals surface area contributed by atoms with E-state index in [9.17, 15) is 15.0 Å². The zero-order valence-electron chi connectivity index (χ0n) is 14.8. The van der Waals surface area contributed by atoms with Crippen LogP contribution in [0.2, 0.25) is 0 Å². The van der Waals surface area contributed by atoms with Crippen molar-refractivity contribution < 1.29 is 29.2 Å². The highest BCUT2D eigenvalue weighted by Gasteiger charge is 2.45. The van der Waals surface area contributed by atoms with Gasteiger partial charge in [-0.2, -0.15) is 0 Å². The Morgan fingerprint density at radius 3 is 2.93 bits per heavy atom. The maximum Gasteiger partial charge on any atom is 0.384 e. The Labute approximate surface area is 154 Å². The molecule has 2 aromatic heterocycles. The number of fused-ring (bicyclic) bond motifs is 1. The SMILES string of the molecule is CCOC(=O)C#Cc1cn([C@@H]2O[C@H](CO)[C@@H](O)[C@H]2OC)c2ncnc(N)c12. The molecule has 0 unspecified atom stereocenters. The second-order valence-electron chi connectivity index (χ2n) is 5.82. The summed E-state index contributed by atoms with van der Waals surface area (Å²) >= 11 is 0. The van der Waals surface area contributed by atoms with Crippen molar-refractivity contribution in [2.24, 2.45) is 0 Å². The van der Waals surface area contributed by atoms with Crippen LogP contribution in [-0.4, -0.2) is 69.4 Å². The fourth-order valence-electron chi connectivity index (χ4n) is 3.03. The molecule has 1 aliphatic rings. The molecule has 10 heteroatoms. The fourth-order valence-corrected chi connectivity index (χ4v) is 3.03. The molecule has 2 aromatic rings. The Bertz CT molecular complexity index is 902. The number of carbonyl (C=O) groups is 1. The van der Waals surface area contributed by atoms with Crippen LogP contribution in [0.15, 0.2) is 12.5 Å². The summed E-state index contributed by atoms with van der Waals surface area (Å²) in [5.74, 6) is 4.60. The first-order valence-electron chi connectivity index (χ1n) is 8.28. The summed E-state index contributed by atoms with van der Waals surface area (Å²) < 4.78 is 17.5. The summed E-state index contributed by atoms with van der Waals surface area (Å²) in [6.45, 7) is 1.53. The van der Waals surface area contributed by atoms with Crippen LogP contribution in [0.1, 0.15) is 18.7 Å². The first-order chi connectivity index (χ1) is 13.0. The number of aliphatic hydroxyl groups excluding tert-OH is 2. The zero-order valence-corrected chi connectivity index (χ0v) is 14.8. The molecule has 1 saturated heterocycles. The third kappa shape index (κ3) is 3.45. The number of anilines is 1. The van der Waals surface area contributed by atoms with E-state index in [-0.39, 0.29) is 19.0 Å². The monoisotopic (exact) mass is 376 g/mol. The predicted octanol–water partition coefficient (Wildman–Crippen LogP) is -0.806. The Hall–Kier alpha value is -2.71. The van der Waals surface area contributed by atoms with Crippen LogP contribution in [0, 0.1) is 11.8 Å². The lowest BCUT2D eigenvalue weighted by Gasteiger charge is -2.20. The highest BCUT2D eigenvalue weighted by molar-refractivity contribution is 5.95. The minimum absolute atomic E-state index is 0.179. The van der Waals surface area contributed by atoms with E-state index in [1.54, 1.807) is 17.7 Å². The van der Waals surface area contributed by atoms with Crippen molar-refractivity contribution in [3.8, 4) is 11.8 Å². The van der Waals surface area contributed by atoms with Gasteiger partial charge in [-0.15, -0.1) is 0 Å². The minimum atomic E-state index is -1.03.